The van der Waals surface area contributed by atoms with E-state index in [0.717, 1.165) is 25.3 Å². The van der Waals surface area contributed by atoms with Crippen LogP contribution in [0.2, 0.25) is 0 Å². The van der Waals surface area contributed by atoms with Gasteiger partial charge in [-0.25, -0.2) is 0 Å². The van der Waals surface area contributed by atoms with Gasteiger partial charge in [0.2, 0.25) is 5.91 Å². The van der Waals surface area contributed by atoms with Crippen molar-refractivity contribution in [1.82, 2.24) is 4.90 Å². The monoisotopic (exact) mass is 232 g/mol. The van der Waals surface area contributed by atoms with Gasteiger partial charge in [0.15, 0.2) is 0 Å². The van der Waals surface area contributed by atoms with Gasteiger partial charge in [0.25, 0.3) is 0 Å². The summed E-state index contributed by atoms with van der Waals surface area (Å²) in [6, 6.07) is 0. The quantitative estimate of drug-likeness (QED) is 0.648. The number of thioether (sulfide) groups is 1. The Kier molecular flexibility index (Phi) is 8.91. The van der Waals surface area contributed by atoms with E-state index < -0.39 is 0 Å². The molecule has 0 aliphatic carbocycles. The van der Waals surface area contributed by atoms with Gasteiger partial charge in [-0.3, -0.25) is 4.79 Å². The van der Waals surface area contributed by atoms with E-state index in [0.29, 0.717) is 18.2 Å². The number of nitrogens with zero attached hydrogens (tertiary/aromatic N) is 1. The highest BCUT2D eigenvalue weighted by Crippen LogP contribution is 2.11. The standard InChI is InChI=1S/C11H24N2OS/c1-4-13(5-2)11(14)7-6-8-15-10(3)9-12/h10H,4-9,12H2,1-3H3. The van der Waals surface area contributed by atoms with Gasteiger partial charge in [-0.2, -0.15) is 11.8 Å². The normalized spacial score (nSPS) is 12.5. The Labute approximate surface area is 97.8 Å². The smallest absolute Gasteiger partial charge is 0.222 e. The fourth-order valence-electron chi connectivity index (χ4n) is 1.31. The first-order chi connectivity index (χ1) is 7.15. The molecule has 0 rings (SSSR count). The van der Waals surface area contributed by atoms with Crippen molar-refractivity contribution in [1.29, 1.82) is 0 Å². The van der Waals surface area contributed by atoms with Crippen LogP contribution >= 0.6 is 11.8 Å². The molecule has 0 aromatic heterocycles. The zero-order valence-electron chi connectivity index (χ0n) is 10.2. The summed E-state index contributed by atoms with van der Waals surface area (Å²) < 4.78 is 0. The summed E-state index contributed by atoms with van der Waals surface area (Å²) in [6.45, 7) is 8.52. The van der Waals surface area contributed by atoms with Gasteiger partial charge in [-0.05, 0) is 26.0 Å². The number of carbonyl (C=O) groups is 1. The van der Waals surface area contributed by atoms with E-state index >= 15 is 0 Å². The Balaban J connectivity index is 3.54. The van der Waals surface area contributed by atoms with Crippen LogP contribution in [0.5, 0.6) is 0 Å². The van der Waals surface area contributed by atoms with Gasteiger partial charge in [-0.15, -0.1) is 0 Å². The van der Waals surface area contributed by atoms with Crippen LogP contribution in [-0.2, 0) is 4.79 Å². The molecule has 0 spiro atoms. The topological polar surface area (TPSA) is 46.3 Å². The molecular weight excluding hydrogens is 208 g/mol. The summed E-state index contributed by atoms with van der Waals surface area (Å²) in [5.74, 6) is 1.31. The van der Waals surface area contributed by atoms with Gasteiger partial charge in [0.1, 0.15) is 0 Å². The van der Waals surface area contributed by atoms with Crippen LogP contribution in [0.3, 0.4) is 0 Å². The predicted molar refractivity (Wildman–Crippen MR) is 68.1 cm³/mol. The van der Waals surface area contributed by atoms with E-state index in [1.807, 2.05) is 30.5 Å². The largest absolute Gasteiger partial charge is 0.343 e. The number of amides is 1. The van der Waals surface area contributed by atoms with E-state index in [1.54, 1.807) is 0 Å². The molecule has 0 saturated heterocycles. The molecule has 0 aliphatic rings. The van der Waals surface area contributed by atoms with Crippen LogP contribution in [0.1, 0.15) is 33.6 Å². The Morgan fingerprint density at radius 1 is 1.40 bits per heavy atom. The van der Waals surface area contributed by atoms with Crippen LogP contribution in [-0.4, -0.2) is 41.4 Å². The van der Waals surface area contributed by atoms with Gasteiger partial charge in [0, 0.05) is 31.3 Å². The minimum atomic E-state index is 0.279. The SMILES string of the molecule is CCN(CC)C(=O)CCCSC(C)CN. The van der Waals surface area contributed by atoms with E-state index in [9.17, 15) is 4.79 Å². The molecule has 0 aromatic rings. The zero-order chi connectivity index (χ0) is 11.7. The van der Waals surface area contributed by atoms with Crippen molar-refractivity contribution in [2.45, 2.75) is 38.9 Å². The van der Waals surface area contributed by atoms with Crippen LogP contribution in [0, 0.1) is 0 Å². The molecule has 1 amide bonds. The van der Waals surface area contributed by atoms with Gasteiger partial charge in [-0.1, -0.05) is 6.92 Å². The fourth-order valence-corrected chi connectivity index (χ4v) is 2.16. The molecule has 0 radical (unpaired) electrons. The number of hydrogen-bond donors (Lipinski definition) is 1. The summed E-state index contributed by atoms with van der Waals surface area (Å²) in [7, 11) is 0. The number of nitrogens with two attached hydrogens (primary N) is 1. The van der Waals surface area contributed by atoms with Crippen molar-refractivity contribution in [2.75, 3.05) is 25.4 Å². The first kappa shape index (κ1) is 14.8. The molecule has 0 saturated carbocycles. The van der Waals surface area contributed by atoms with Crippen molar-refractivity contribution in [3.63, 3.8) is 0 Å². The van der Waals surface area contributed by atoms with Gasteiger partial charge in [0.05, 0.1) is 0 Å². The molecule has 0 bridgehead atoms. The van der Waals surface area contributed by atoms with E-state index in [1.165, 1.54) is 0 Å². The summed E-state index contributed by atoms with van der Waals surface area (Å²) in [5, 5.41) is 0.508. The van der Waals surface area contributed by atoms with Crippen LogP contribution in [0.15, 0.2) is 0 Å². The molecule has 1 unspecified atom stereocenters. The third-order valence-corrected chi connectivity index (χ3v) is 3.67. The molecule has 4 heteroatoms. The molecule has 15 heavy (non-hydrogen) atoms. The molecule has 0 heterocycles. The highest BCUT2D eigenvalue weighted by Gasteiger charge is 2.08. The number of hydrogen-bond acceptors (Lipinski definition) is 3. The fraction of sp³-hybridized carbons (Fsp3) is 0.909. The third kappa shape index (κ3) is 6.79. The second kappa shape index (κ2) is 9.04. The maximum atomic E-state index is 11.6. The van der Waals surface area contributed by atoms with Crippen molar-refractivity contribution < 1.29 is 4.79 Å². The van der Waals surface area contributed by atoms with Gasteiger partial charge < -0.3 is 10.6 Å². The minimum Gasteiger partial charge on any atom is -0.343 e. The average molecular weight is 232 g/mol. The lowest BCUT2D eigenvalue weighted by Gasteiger charge is -2.18. The second-order valence-corrected chi connectivity index (χ2v) is 5.13. The summed E-state index contributed by atoms with van der Waals surface area (Å²) in [4.78, 5) is 13.5. The van der Waals surface area contributed by atoms with Crippen LogP contribution < -0.4 is 5.73 Å². The lowest BCUT2D eigenvalue weighted by molar-refractivity contribution is -0.130. The molecule has 3 nitrogen and oxygen atoms in total. The zero-order valence-corrected chi connectivity index (χ0v) is 11.0. The lowest BCUT2D eigenvalue weighted by atomic mass is 10.3. The highest BCUT2D eigenvalue weighted by molar-refractivity contribution is 7.99. The van der Waals surface area contributed by atoms with Crippen LogP contribution in [0.25, 0.3) is 0 Å². The Morgan fingerprint density at radius 2 is 2.00 bits per heavy atom. The summed E-state index contributed by atoms with van der Waals surface area (Å²) in [6.07, 6.45) is 1.64. The third-order valence-electron chi connectivity index (χ3n) is 2.39. The summed E-state index contributed by atoms with van der Waals surface area (Å²) in [5.41, 5.74) is 5.51. The molecule has 1 atom stereocenters. The highest BCUT2D eigenvalue weighted by atomic mass is 32.2. The molecule has 2 N–H and O–H groups in total. The predicted octanol–water partition coefficient (Wildman–Crippen LogP) is 1.72. The van der Waals surface area contributed by atoms with Crippen molar-refractivity contribution in [2.24, 2.45) is 5.73 Å². The minimum absolute atomic E-state index is 0.279. The maximum Gasteiger partial charge on any atom is 0.222 e. The number of carbonyl (C=O) groups excluding carboxylic acids is 1. The van der Waals surface area contributed by atoms with Gasteiger partial charge >= 0.3 is 0 Å². The van der Waals surface area contributed by atoms with Crippen molar-refractivity contribution >= 4 is 17.7 Å². The summed E-state index contributed by atoms with van der Waals surface area (Å²) >= 11 is 1.85. The maximum absolute atomic E-state index is 11.6. The molecular formula is C11H24N2OS. The van der Waals surface area contributed by atoms with Crippen LogP contribution in [0.4, 0.5) is 0 Å². The lowest BCUT2D eigenvalue weighted by Crippen LogP contribution is -2.30. The first-order valence-corrected chi connectivity index (χ1v) is 6.79. The van der Waals surface area contributed by atoms with E-state index in [2.05, 4.69) is 6.92 Å². The molecule has 0 aliphatic heterocycles. The molecule has 90 valence electrons. The second-order valence-electron chi connectivity index (χ2n) is 3.59. The van der Waals surface area contributed by atoms with Crippen molar-refractivity contribution in [3.8, 4) is 0 Å². The van der Waals surface area contributed by atoms with E-state index in [-0.39, 0.29) is 5.91 Å². The van der Waals surface area contributed by atoms with Crippen molar-refractivity contribution in [3.05, 3.63) is 0 Å². The Hall–Kier alpha value is -0.220. The molecule has 0 fully saturated rings. The van der Waals surface area contributed by atoms with E-state index in [4.69, 9.17) is 5.73 Å². The first-order valence-electron chi connectivity index (χ1n) is 5.75. The Morgan fingerprint density at radius 3 is 2.47 bits per heavy atom. The number of rotatable bonds is 8. The average Bonchev–Trinajstić information content (AvgIpc) is 2.25. The Bertz CT molecular complexity index is 172. The molecule has 0 aromatic carbocycles.